The molecule has 0 bridgehead atoms. The Morgan fingerprint density at radius 2 is 1.88 bits per heavy atom. The normalized spacial score (nSPS) is 14.7. The molecule has 1 aliphatic rings. The summed E-state index contributed by atoms with van der Waals surface area (Å²) in [6.45, 7) is 1.76. The van der Waals surface area contributed by atoms with Crippen molar-refractivity contribution in [2.75, 3.05) is 6.73 Å². The van der Waals surface area contributed by atoms with E-state index in [1.165, 1.54) is 0 Å². The lowest BCUT2D eigenvalue weighted by molar-refractivity contribution is -0.154. The molecule has 0 N–H and O–H groups in total. The topological polar surface area (TPSA) is 63.7 Å². The highest BCUT2D eigenvalue weighted by Crippen LogP contribution is 2.05. The van der Waals surface area contributed by atoms with Crippen molar-refractivity contribution < 1.29 is 19.1 Å². The van der Waals surface area contributed by atoms with Gasteiger partial charge in [-0.3, -0.25) is 14.4 Å². The summed E-state index contributed by atoms with van der Waals surface area (Å²) in [5.74, 6) is -1.25. The molecule has 0 unspecified atom stereocenters. The molecular weight excluding hydrogens is 210 g/mol. The maximum absolute atomic E-state index is 11.2. The molecule has 88 valence electrons. The zero-order valence-corrected chi connectivity index (χ0v) is 9.27. The molecule has 0 atom stereocenters. The molecule has 1 aliphatic heterocycles. The second-order valence-electron chi connectivity index (χ2n) is 3.54. The van der Waals surface area contributed by atoms with Crippen LogP contribution in [-0.2, 0) is 19.1 Å². The van der Waals surface area contributed by atoms with Gasteiger partial charge in [0, 0.05) is 18.6 Å². The molecule has 5 nitrogen and oxygen atoms in total. The van der Waals surface area contributed by atoms with Gasteiger partial charge >= 0.3 is 5.97 Å². The standard InChI is InChI=1S/C11H15NO4/c1-2-3-4-5-11(15)16-8-12-9(13)6-7-10(12)14/h6-7H,2-5,8H2,1H3. The van der Waals surface area contributed by atoms with Gasteiger partial charge in [-0.05, 0) is 6.42 Å². The molecule has 1 heterocycles. The predicted octanol–water partition coefficient (Wildman–Crippen LogP) is 0.992. The Hall–Kier alpha value is -1.65. The molecule has 2 amide bonds. The Bertz CT molecular complexity index is 304. The lowest BCUT2D eigenvalue weighted by Gasteiger charge is -2.13. The second-order valence-corrected chi connectivity index (χ2v) is 3.54. The van der Waals surface area contributed by atoms with Gasteiger partial charge in [0.15, 0.2) is 6.73 Å². The smallest absolute Gasteiger partial charge is 0.307 e. The number of ether oxygens (including phenoxy) is 1. The summed E-state index contributed by atoms with van der Waals surface area (Å²) in [6, 6.07) is 0. The third kappa shape index (κ3) is 3.49. The van der Waals surface area contributed by atoms with Crippen LogP contribution in [0.4, 0.5) is 0 Å². The van der Waals surface area contributed by atoms with Gasteiger partial charge in [0.2, 0.25) is 0 Å². The Labute approximate surface area is 94.1 Å². The van der Waals surface area contributed by atoms with E-state index < -0.39 is 11.8 Å². The highest BCUT2D eigenvalue weighted by molar-refractivity contribution is 6.12. The quantitative estimate of drug-likeness (QED) is 0.384. The Balaban J connectivity index is 2.22. The summed E-state index contributed by atoms with van der Waals surface area (Å²) in [4.78, 5) is 34.3. The number of hydrogen-bond donors (Lipinski definition) is 0. The minimum absolute atomic E-state index is 0.282. The van der Waals surface area contributed by atoms with Crippen LogP contribution >= 0.6 is 0 Å². The number of amides is 2. The molecule has 0 aromatic carbocycles. The van der Waals surface area contributed by atoms with Crippen molar-refractivity contribution in [3.63, 3.8) is 0 Å². The number of imide groups is 1. The Morgan fingerprint density at radius 3 is 2.44 bits per heavy atom. The fourth-order valence-corrected chi connectivity index (χ4v) is 1.29. The van der Waals surface area contributed by atoms with Crippen LogP contribution in [0, 0.1) is 0 Å². The molecular formula is C11H15NO4. The third-order valence-corrected chi connectivity index (χ3v) is 2.24. The van der Waals surface area contributed by atoms with Crippen LogP contribution in [-0.4, -0.2) is 29.4 Å². The highest BCUT2D eigenvalue weighted by Gasteiger charge is 2.24. The molecule has 0 aromatic heterocycles. The number of carbonyl (C=O) groups is 3. The fraction of sp³-hybridized carbons (Fsp3) is 0.545. The molecule has 1 rings (SSSR count). The van der Waals surface area contributed by atoms with E-state index in [1.54, 1.807) is 0 Å². The van der Waals surface area contributed by atoms with E-state index in [0.717, 1.165) is 36.3 Å². The van der Waals surface area contributed by atoms with Crippen LogP contribution in [0.3, 0.4) is 0 Å². The fourth-order valence-electron chi connectivity index (χ4n) is 1.29. The molecule has 0 radical (unpaired) electrons. The minimum Gasteiger partial charge on any atom is -0.444 e. The lowest BCUT2D eigenvalue weighted by atomic mass is 10.2. The molecule has 0 aliphatic carbocycles. The van der Waals surface area contributed by atoms with E-state index in [4.69, 9.17) is 4.74 Å². The third-order valence-electron chi connectivity index (χ3n) is 2.24. The zero-order chi connectivity index (χ0) is 12.0. The van der Waals surface area contributed by atoms with Gasteiger partial charge in [-0.15, -0.1) is 0 Å². The number of rotatable bonds is 6. The lowest BCUT2D eigenvalue weighted by Crippen LogP contribution is -2.33. The monoisotopic (exact) mass is 225 g/mol. The summed E-state index contributed by atoms with van der Waals surface area (Å²) >= 11 is 0. The van der Waals surface area contributed by atoms with E-state index in [1.807, 2.05) is 6.92 Å². The zero-order valence-electron chi connectivity index (χ0n) is 9.27. The van der Waals surface area contributed by atoms with E-state index in [9.17, 15) is 14.4 Å². The molecule has 0 saturated carbocycles. The van der Waals surface area contributed by atoms with Gasteiger partial charge in [0.05, 0.1) is 0 Å². The van der Waals surface area contributed by atoms with E-state index in [0.29, 0.717) is 6.42 Å². The number of carbonyl (C=O) groups excluding carboxylic acids is 3. The molecule has 5 heteroatoms. The number of esters is 1. The number of unbranched alkanes of at least 4 members (excludes halogenated alkanes) is 2. The molecule has 16 heavy (non-hydrogen) atoms. The van der Waals surface area contributed by atoms with Crippen molar-refractivity contribution in [1.29, 1.82) is 0 Å². The summed E-state index contributed by atoms with van der Waals surface area (Å²) in [5.41, 5.74) is 0. The van der Waals surface area contributed by atoms with Crippen molar-refractivity contribution >= 4 is 17.8 Å². The van der Waals surface area contributed by atoms with Crippen LogP contribution in [0.5, 0.6) is 0 Å². The van der Waals surface area contributed by atoms with Gasteiger partial charge in [0.1, 0.15) is 0 Å². The van der Waals surface area contributed by atoms with Gasteiger partial charge in [-0.2, -0.15) is 0 Å². The van der Waals surface area contributed by atoms with Crippen molar-refractivity contribution in [3.05, 3.63) is 12.2 Å². The average molecular weight is 225 g/mol. The first-order valence-electron chi connectivity index (χ1n) is 5.34. The number of nitrogens with zero attached hydrogens (tertiary/aromatic N) is 1. The first kappa shape index (κ1) is 12.4. The first-order chi connectivity index (χ1) is 7.65. The van der Waals surface area contributed by atoms with Gasteiger partial charge < -0.3 is 4.74 Å². The van der Waals surface area contributed by atoms with Gasteiger partial charge in [0.25, 0.3) is 11.8 Å². The van der Waals surface area contributed by atoms with Gasteiger partial charge in [-0.1, -0.05) is 19.8 Å². The Kier molecular flexibility index (Phi) is 4.69. The number of hydrogen-bond acceptors (Lipinski definition) is 4. The molecule has 0 saturated heterocycles. The molecule has 0 aromatic rings. The molecule has 0 spiro atoms. The summed E-state index contributed by atoms with van der Waals surface area (Å²) in [5, 5.41) is 0. The maximum atomic E-state index is 11.2. The second kappa shape index (κ2) is 6.05. The van der Waals surface area contributed by atoms with Crippen LogP contribution < -0.4 is 0 Å². The van der Waals surface area contributed by atoms with Crippen molar-refractivity contribution in [3.8, 4) is 0 Å². The van der Waals surface area contributed by atoms with Crippen molar-refractivity contribution in [2.45, 2.75) is 32.6 Å². The van der Waals surface area contributed by atoms with Crippen LogP contribution in [0.1, 0.15) is 32.6 Å². The first-order valence-corrected chi connectivity index (χ1v) is 5.34. The Morgan fingerprint density at radius 1 is 1.25 bits per heavy atom. The van der Waals surface area contributed by atoms with E-state index >= 15 is 0 Å². The van der Waals surface area contributed by atoms with Crippen molar-refractivity contribution in [1.82, 2.24) is 4.90 Å². The summed E-state index contributed by atoms with van der Waals surface area (Å²) in [7, 11) is 0. The van der Waals surface area contributed by atoms with Crippen LogP contribution in [0.15, 0.2) is 12.2 Å². The predicted molar refractivity (Wildman–Crippen MR) is 56.1 cm³/mol. The maximum Gasteiger partial charge on any atom is 0.307 e. The van der Waals surface area contributed by atoms with Gasteiger partial charge in [-0.25, -0.2) is 4.90 Å². The largest absolute Gasteiger partial charge is 0.444 e. The van der Waals surface area contributed by atoms with Crippen LogP contribution in [0.2, 0.25) is 0 Å². The van der Waals surface area contributed by atoms with E-state index in [-0.39, 0.29) is 12.7 Å². The molecule has 0 fully saturated rings. The SMILES string of the molecule is CCCCCC(=O)OCN1C(=O)C=CC1=O. The summed E-state index contributed by atoms with van der Waals surface area (Å²) in [6.07, 6.45) is 5.42. The average Bonchev–Trinajstić information content (AvgIpc) is 2.57. The van der Waals surface area contributed by atoms with E-state index in [2.05, 4.69) is 0 Å². The minimum atomic E-state index is -0.439. The summed E-state index contributed by atoms with van der Waals surface area (Å²) < 4.78 is 4.82. The van der Waals surface area contributed by atoms with Crippen LogP contribution in [0.25, 0.3) is 0 Å². The van der Waals surface area contributed by atoms with Crippen molar-refractivity contribution in [2.24, 2.45) is 0 Å². The highest BCUT2D eigenvalue weighted by atomic mass is 16.5.